The number of carboxylic acids is 1. The fourth-order valence-electron chi connectivity index (χ4n) is 9.56. The van der Waals surface area contributed by atoms with Crippen molar-refractivity contribution in [3.8, 4) is 11.1 Å². The lowest BCUT2D eigenvalue weighted by molar-refractivity contribution is -0.139. The summed E-state index contributed by atoms with van der Waals surface area (Å²) >= 11 is 1.56. The van der Waals surface area contributed by atoms with E-state index in [0.29, 0.717) is 36.6 Å². The van der Waals surface area contributed by atoms with E-state index in [1.165, 1.54) is 51.4 Å². The molecular formula is C39H53N3O4S. The standard InChI is InChI=1S/C39H53N3O4S/c1-26-8-6-7-11-32(26)34-21-27(12-13-33(34)36(43)40-35(37(44)45)15-17-47-2)14-16-42(25-28-9-4-3-5-10-28)38(46)41-39-22-29-18-30(23-39)20-31(19-29)24-39/h6-8,11-13,21,28-31,35H,3-5,9-10,14-20,22-25H2,1-2H3,(H,40,43)(H,41,46)(H,44,45). The smallest absolute Gasteiger partial charge is 0.326 e. The van der Waals surface area contributed by atoms with Crippen LogP contribution in [0.25, 0.3) is 11.1 Å². The molecule has 5 saturated carbocycles. The Kier molecular flexibility index (Phi) is 10.8. The lowest BCUT2D eigenvalue weighted by Crippen LogP contribution is -2.62. The van der Waals surface area contributed by atoms with Crippen molar-refractivity contribution in [2.75, 3.05) is 25.1 Å². The number of hydrogen-bond donors (Lipinski definition) is 3. The highest BCUT2D eigenvalue weighted by Gasteiger charge is 2.51. The van der Waals surface area contributed by atoms with Crippen LogP contribution in [0.5, 0.6) is 0 Å². The van der Waals surface area contributed by atoms with Gasteiger partial charge in [-0.25, -0.2) is 9.59 Å². The Morgan fingerprint density at radius 1 is 0.957 bits per heavy atom. The van der Waals surface area contributed by atoms with Crippen molar-refractivity contribution in [1.82, 2.24) is 15.5 Å². The molecule has 0 radical (unpaired) electrons. The predicted octanol–water partition coefficient (Wildman–Crippen LogP) is 7.70. The van der Waals surface area contributed by atoms with Gasteiger partial charge in [-0.15, -0.1) is 0 Å². The molecule has 7 rings (SSSR count). The van der Waals surface area contributed by atoms with Gasteiger partial charge >= 0.3 is 12.0 Å². The average Bonchev–Trinajstić information content (AvgIpc) is 3.04. The summed E-state index contributed by atoms with van der Waals surface area (Å²) in [5, 5.41) is 16.2. The number of carbonyl (C=O) groups excluding carboxylic acids is 2. The number of rotatable bonds is 13. The first kappa shape index (κ1) is 33.9. The largest absolute Gasteiger partial charge is 0.480 e. The summed E-state index contributed by atoms with van der Waals surface area (Å²) in [5.74, 6) is 2.13. The summed E-state index contributed by atoms with van der Waals surface area (Å²) in [5.41, 5.74) is 4.31. The number of urea groups is 1. The molecule has 5 aliphatic rings. The molecule has 47 heavy (non-hydrogen) atoms. The molecule has 3 N–H and O–H groups in total. The van der Waals surface area contributed by atoms with Gasteiger partial charge in [0, 0.05) is 24.2 Å². The number of thioether (sulfide) groups is 1. The van der Waals surface area contributed by atoms with Crippen molar-refractivity contribution < 1.29 is 19.5 Å². The number of hydrogen-bond acceptors (Lipinski definition) is 4. The van der Waals surface area contributed by atoms with Crippen molar-refractivity contribution >= 4 is 29.7 Å². The van der Waals surface area contributed by atoms with Gasteiger partial charge in [0.15, 0.2) is 0 Å². The van der Waals surface area contributed by atoms with Crippen LogP contribution in [0.15, 0.2) is 42.5 Å². The summed E-state index contributed by atoms with van der Waals surface area (Å²) in [4.78, 5) is 41.7. The van der Waals surface area contributed by atoms with Crippen LogP contribution in [0.4, 0.5) is 4.79 Å². The van der Waals surface area contributed by atoms with Crippen LogP contribution in [0.2, 0.25) is 0 Å². The van der Waals surface area contributed by atoms with Gasteiger partial charge in [-0.2, -0.15) is 11.8 Å². The molecule has 0 heterocycles. The zero-order valence-corrected chi connectivity index (χ0v) is 29.1. The minimum Gasteiger partial charge on any atom is -0.480 e. The maximum atomic E-state index is 14.1. The average molecular weight is 660 g/mol. The third-order valence-electron chi connectivity index (χ3n) is 11.5. The number of nitrogens with one attached hydrogen (secondary N) is 2. The first-order valence-electron chi connectivity index (χ1n) is 18.0. The van der Waals surface area contributed by atoms with Gasteiger partial charge in [0.25, 0.3) is 5.91 Å². The highest BCUT2D eigenvalue weighted by molar-refractivity contribution is 7.98. The number of aliphatic carboxylic acids is 1. The maximum Gasteiger partial charge on any atom is 0.326 e. The van der Waals surface area contributed by atoms with Crippen LogP contribution in [-0.4, -0.2) is 64.6 Å². The summed E-state index contributed by atoms with van der Waals surface area (Å²) in [7, 11) is 0. The molecular weight excluding hydrogens is 607 g/mol. The molecule has 0 spiro atoms. The molecule has 8 heteroatoms. The molecule has 7 nitrogen and oxygen atoms in total. The van der Waals surface area contributed by atoms with Gasteiger partial charge < -0.3 is 20.6 Å². The minimum atomic E-state index is -1.02. The third-order valence-corrected chi connectivity index (χ3v) is 12.2. The Morgan fingerprint density at radius 3 is 2.28 bits per heavy atom. The molecule has 0 aromatic heterocycles. The second-order valence-corrected chi connectivity index (χ2v) is 16.2. The third kappa shape index (κ3) is 8.18. The van der Waals surface area contributed by atoms with E-state index in [2.05, 4.69) is 21.6 Å². The number of carbonyl (C=O) groups is 3. The second kappa shape index (κ2) is 15.0. The molecule has 5 aliphatic carbocycles. The fourth-order valence-corrected chi connectivity index (χ4v) is 10.0. The summed E-state index contributed by atoms with van der Waals surface area (Å²) in [6, 6.07) is 13.0. The maximum absolute atomic E-state index is 14.1. The predicted molar refractivity (Wildman–Crippen MR) is 190 cm³/mol. The monoisotopic (exact) mass is 659 g/mol. The number of carboxylic acid groups (broad SMARTS) is 1. The number of nitrogens with zero attached hydrogens (tertiary/aromatic N) is 1. The zero-order valence-electron chi connectivity index (χ0n) is 28.3. The van der Waals surface area contributed by atoms with E-state index < -0.39 is 12.0 Å². The molecule has 4 bridgehead atoms. The molecule has 254 valence electrons. The Morgan fingerprint density at radius 2 is 1.64 bits per heavy atom. The lowest BCUT2D eigenvalue weighted by Gasteiger charge is -2.57. The quantitative estimate of drug-likeness (QED) is 0.205. The molecule has 1 atom stereocenters. The van der Waals surface area contributed by atoms with Crippen molar-refractivity contribution in [1.29, 1.82) is 0 Å². The molecule has 5 fully saturated rings. The number of amides is 3. The first-order valence-corrected chi connectivity index (χ1v) is 19.4. The Hall–Kier alpha value is -3.00. The van der Waals surface area contributed by atoms with Crippen molar-refractivity contribution in [3.05, 3.63) is 59.2 Å². The van der Waals surface area contributed by atoms with Crippen LogP contribution < -0.4 is 10.6 Å². The molecule has 0 saturated heterocycles. The Bertz CT molecular complexity index is 1400. The van der Waals surface area contributed by atoms with Crippen LogP contribution in [0.1, 0.15) is 98.5 Å². The van der Waals surface area contributed by atoms with Crippen molar-refractivity contribution in [2.24, 2.45) is 23.7 Å². The Balaban J connectivity index is 1.22. The van der Waals surface area contributed by atoms with Gasteiger partial charge in [0.1, 0.15) is 6.04 Å². The SMILES string of the molecule is CSCCC(NC(=O)c1ccc(CCN(CC2CCCCC2)C(=O)NC23CC4CC(CC(C4)C2)C3)cc1-c1ccccc1C)C(=O)O. The van der Waals surface area contributed by atoms with E-state index in [1.807, 2.05) is 49.6 Å². The van der Waals surface area contributed by atoms with Crippen molar-refractivity contribution in [2.45, 2.75) is 102 Å². The van der Waals surface area contributed by atoms with Crippen LogP contribution in [-0.2, 0) is 11.2 Å². The van der Waals surface area contributed by atoms with E-state index in [-0.39, 0.29) is 17.5 Å². The summed E-state index contributed by atoms with van der Waals surface area (Å²) in [6.07, 6.45) is 16.6. The molecule has 1 unspecified atom stereocenters. The molecule has 0 aliphatic heterocycles. The summed E-state index contributed by atoms with van der Waals surface area (Å²) < 4.78 is 0. The topological polar surface area (TPSA) is 98.7 Å². The fraction of sp³-hybridized carbons (Fsp3) is 0.615. The van der Waals surface area contributed by atoms with Gasteiger partial charge in [-0.05, 0) is 135 Å². The van der Waals surface area contributed by atoms with E-state index in [9.17, 15) is 19.5 Å². The van der Waals surface area contributed by atoms with Crippen LogP contribution >= 0.6 is 11.8 Å². The van der Waals surface area contributed by atoms with E-state index in [4.69, 9.17) is 0 Å². The van der Waals surface area contributed by atoms with Crippen LogP contribution in [0.3, 0.4) is 0 Å². The number of benzene rings is 2. The van der Waals surface area contributed by atoms with E-state index in [0.717, 1.165) is 65.8 Å². The van der Waals surface area contributed by atoms with Gasteiger partial charge in [-0.3, -0.25) is 4.79 Å². The highest BCUT2D eigenvalue weighted by Crippen LogP contribution is 2.55. The van der Waals surface area contributed by atoms with Gasteiger partial charge in [0.05, 0.1) is 0 Å². The highest BCUT2D eigenvalue weighted by atomic mass is 32.2. The first-order chi connectivity index (χ1) is 22.7. The van der Waals surface area contributed by atoms with Crippen molar-refractivity contribution in [3.63, 3.8) is 0 Å². The van der Waals surface area contributed by atoms with Gasteiger partial charge in [0.2, 0.25) is 0 Å². The van der Waals surface area contributed by atoms with Crippen LogP contribution in [0, 0.1) is 30.6 Å². The van der Waals surface area contributed by atoms with Gasteiger partial charge in [-0.1, -0.05) is 55.7 Å². The van der Waals surface area contributed by atoms with E-state index >= 15 is 0 Å². The normalized spacial score (nSPS) is 25.7. The summed E-state index contributed by atoms with van der Waals surface area (Å²) in [6.45, 7) is 3.46. The molecule has 2 aromatic carbocycles. The molecule has 2 aromatic rings. The number of aryl methyl sites for hydroxylation is 1. The second-order valence-electron chi connectivity index (χ2n) is 15.2. The zero-order chi connectivity index (χ0) is 33.0. The molecule has 3 amide bonds. The lowest BCUT2D eigenvalue weighted by atomic mass is 9.53. The minimum absolute atomic E-state index is 0.0205. The Labute approximate surface area is 285 Å². The van der Waals surface area contributed by atoms with E-state index in [1.54, 1.807) is 11.8 Å².